The molecular formula is C33H27ClF5N9O6. The average Bonchev–Trinajstić information content (AvgIpc) is 3.79. The van der Waals surface area contributed by atoms with Gasteiger partial charge >= 0.3 is 18.3 Å². The maximum absolute atomic E-state index is 14.2. The molecule has 21 heteroatoms. The van der Waals surface area contributed by atoms with E-state index in [2.05, 4.69) is 25.4 Å². The number of aromatic hydroxyl groups is 1. The van der Waals surface area contributed by atoms with Gasteiger partial charge in [-0.1, -0.05) is 23.7 Å². The number of anilines is 2. The molecule has 0 bridgehead atoms. The zero-order valence-corrected chi connectivity index (χ0v) is 28.7. The maximum Gasteiger partial charge on any atom is 0.416 e. The Labute approximate surface area is 305 Å². The largest absolute Gasteiger partial charge is 0.504 e. The molecule has 0 aliphatic carbocycles. The topological polar surface area (TPSA) is 169 Å². The number of nitrogens with one attached hydrogen (secondary N) is 1. The van der Waals surface area contributed by atoms with Crippen molar-refractivity contribution in [1.82, 2.24) is 34.0 Å². The van der Waals surface area contributed by atoms with Gasteiger partial charge in [-0.05, 0) is 42.3 Å². The summed E-state index contributed by atoms with van der Waals surface area (Å²) in [5.74, 6) is -3.13. The molecule has 5 heterocycles. The Morgan fingerprint density at radius 1 is 1.06 bits per heavy atom. The van der Waals surface area contributed by atoms with E-state index in [1.165, 1.54) is 16.7 Å². The molecule has 0 saturated carbocycles. The number of carbonyl (C=O) groups excluding carboxylic acids is 2. The fourth-order valence-electron chi connectivity index (χ4n) is 6.11. The lowest BCUT2D eigenvalue weighted by Gasteiger charge is -2.36. The second kappa shape index (κ2) is 14.2. The van der Waals surface area contributed by atoms with Crippen molar-refractivity contribution in [1.29, 1.82) is 0 Å². The van der Waals surface area contributed by atoms with Gasteiger partial charge in [0, 0.05) is 31.7 Å². The lowest BCUT2D eigenvalue weighted by Crippen LogP contribution is -2.50. The van der Waals surface area contributed by atoms with Crippen molar-refractivity contribution in [2.75, 3.05) is 36.4 Å². The van der Waals surface area contributed by atoms with Crippen LogP contribution >= 0.6 is 11.6 Å². The molecule has 3 aromatic heterocycles. The number of amides is 2. The number of alkyl halides is 5. The minimum atomic E-state index is -4.71. The number of piperazine rings is 1. The molecule has 0 spiro atoms. The minimum absolute atomic E-state index is 0.00254. The summed E-state index contributed by atoms with van der Waals surface area (Å²) in [6.07, 6.45) is -3.59. The van der Waals surface area contributed by atoms with Crippen molar-refractivity contribution in [3.05, 3.63) is 86.2 Å². The summed E-state index contributed by atoms with van der Waals surface area (Å²) < 4.78 is 80.1. The van der Waals surface area contributed by atoms with Crippen LogP contribution in [0.4, 0.5) is 33.3 Å². The second-order valence-electron chi connectivity index (χ2n) is 12.2. The number of aryl methyl sites for hydroxylation is 1. The standard InChI is InChI=1S/C33H27ClF5N9O6/c1-16-26(50)24(41-15-40-16)28(51)46-8-6-45(7-9-46)25-29(52)48-32(43-27(44-48)17-2-3-18-13-53-14-19(18)10-17)47(30(25)54-31(35)36)12-23(49)42-22-5-4-20(11-21(22)34)33(37,38)39/h2-5,10-11,15,31,50H,6-9,12-14H2,1H3,(H,42,49). The maximum atomic E-state index is 14.2. The van der Waals surface area contributed by atoms with Crippen LogP contribution in [-0.2, 0) is 35.5 Å². The third-order valence-electron chi connectivity index (χ3n) is 8.82. The monoisotopic (exact) mass is 775 g/mol. The van der Waals surface area contributed by atoms with Crippen LogP contribution in [-0.4, -0.2) is 83.7 Å². The molecule has 2 amide bonds. The van der Waals surface area contributed by atoms with Crippen LogP contribution in [0, 0.1) is 6.92 Å². The van der Waals surface area contributed by atoms with Crippen molar-refractivity contribution < 1.29 is 46.1 Å². The molecule has 15 nitrogen and oxygen atoms in total. The molecule has 282 valence electrons. The molecule has 5 aromatic rings. The van der Waals surface area contributed by atoms with E-state index < -0.39 is 64.6 Å². The summed E-state index contributed by atoms with van der Waals surface area (Å²) in [7, 11) is 0. The van der Waals surface area contributed by atoms with E-state index in [1.54, 1.807) is 18.2 Å². The molecule has 1 saturated heterocycles. The first-order valence-corrected chi connectivity index (χ1v) is 16.5. The lowest BCUT2D eigenvalue weighted by atomic mass is 10.1. The average molecular weight is 776 g/mol. The summed E-state index contributed by atoms with van der Waals surface area (Å²) in [4.78, 5) is 55.8. The van der Waals surface area contributed by atoms with Crippen molar-refractivity contribution in [2.24, 2.45) is 0 Å². The first kappa shape index (κ1) is 36.5. The number of nitrogens with zero attached hydrogens (tertiary/aromatic N) is 8. The van der Waals surface area contributed by atoms with Gasteiger partial charge in [0.05, 0.1) is 35.2 Å². The fraction of sp³-hybridized carbons (Fsp3) is 0.303. The Morgan fingerprint density at radius 3 is 2.50 bits per heavy atom. The zero-order chi connectivity index (χ0) is 38.5. The molecule has 54 heavy (non-hydrogen) atoms. The van der Waals surface area contributed by atoms with E-state index in [4.69, 9.17) is 21.1 Å². The van der Waals surface area contributed by atoms with Crippen LogP contribution in [0.25, 0.3) is 17.2 Å². The van der Waals surface area contributed by atoms with Gasteiger partial charge in [-0.25, -0.2) is 9.97 Å². The molecule has 2 aliphatic heterocycles. The smallest absolute Gasteiger partial charge is 0.416 e. The normalized spacial score (nSPS) is 14.5. The molecule has 0 atom stereocenters. The van der Waals surface area contributed by atoms with Crippen LogP contribution < -0.4 is 20.5 Å². The number of fused-ring (bicyclic) bond motifs is 2. The van der Waals surface area contributed by atoms with Crippen molar-refractivity contribution in [3.63, 3.8) is 0 Å². The van der Waals surface area contributed by atoms with Crippen LogP contribution in [0.2, 0.25) is 5.02 Å². The number of aromatic nitrogens is 6. The van der Waals surface area contributed by atoms with Gasteiger partial charge in [0.1, 0.15) is 12.9 Å². The Bertz CT molecular complexity index is 2360. The Morgan fingerprint density at radius 2 is 1.80 bits per heavy atom. The lowest BCUT2D eigenvalue weighted by molar-refractivity contribution is -0.137. The molecule has 2 N–H and O–H groups in total. The number of carbonyl (C=O) groups is 2. The van der Waals surface area contributed by atoms with Gasteiger partial charge in [-0.2, -0.15) is 31.5 Å². The number of halogens is 6. The second-order valence-corrected chi connectivity index (χ2v) is 12.6. The van der Waals surface area contributed by atoms with E-state index in [9.17, 15) is 41.4 Å². The first-order chi connectivity index (χ1) is 25.7. The van der Waals surface area contributed by atoms with Crippen LogP contribution in [0.1, 0.15) is 32.9 Å². The molecular weight excluding hydrogens is 749 g/mol. The molecule has 7 rings (SSSR count). The fourth-order valence-corrected chi connectivity index (χ4v) is 6.34. The number of hydrogen-bond donors (Lipinski definition) is 2. The summed E-state index contributed by atoms with van der Waals surface area (Å²) in [5, 5.41) is 16.6. The molecule has 1 fully saturated rings. The van der Waals surface area contributed by atoms with Gasteiger partial charge in [-0.15, -0.1) is 5.10 Å². The van der Waals surface area contributed by atoms with Gasteiger partial charge in [0.25, 0.3) is 5.91 Å². The third kappa shape index (κ3) is 6.96. The Balaban J connectivity index is 1.29. The first-order valence-electron chi connectivity index (χ1n) is 16.1. The van der Waals surface area contributed by atoms with E-state index in [-0.39, 0.29) is 54.9 Å². The minimum Gasteiger partial charge on any atom is -0.504 e. The van der Waals surface area contributed by atoms with E-state index in [1.807, 2.05) is 0 Å². The summed E-state index contributed by atoms with van der Waals surface area (Å²) in [6.45, 7) is -2.46. The predicted molar refractivity (Wildman–Crippen MR) is 179 cm³/mol. The summed E-state index contributed by atoms with van der Waals surface area (Å²) in [5.41, 5.74) is -0.490. The molecule has 0 unspecified atom stereocenters. The molecule has 0 radical (unpaired) electrons. The molecule has 2 aromatic carbocycles. The van der Waals surface area contributed by atoms with E-state index >= 15 is 0 Å². The van der Waals surface area contributed by atoms with E-state index in [0.29, 0.717) is 30.9 Å². The van der Waals surface area contributed by atoms with Crippen LogP contribution in [0.3, 0.4) is 0 Å². The SMILES string of the molecule is Cc1ncnc(C(=O)N2CCN(c3c(OC(F)F)n(CC(=O)Nc4ccc(C(F)(F)F)cc4Cl)c4nc(-c5ccc6c(c5)COC6)nn4c3=O)CC2)c1O. The van der Waals surface area contributed by atoms with Gasteiger partial charge in [-0.3, -0.25) is 19.0 Å². The van der Waals surface area contributed by atoms with Gasteiger partial charge in [0.2, 0.25) is 17.6 Å². The Kier molecular flexibility index (Phi) is 9.56. The number of hydrogen-bond acceptors (Lipinski definition) is 11. The Hall–Kier alpha value is -5.89. The van der Waals surface area contributed by atoms with Crippen LogP contribution in [0.5, 0.6) is 11.6 Å². The van der Waals surface area contributed by atoms with Gasteiger partial charge in [0.15, 0.2) is 23.0 Å². The number of ether oxygens (including phenoxy) is 2. The molecule has 2 aliphatic rings. The zero-order valence-electron chi connectivity index (χ0n) is 27.9. The number of rotatable bonds is 8. The third-order valence-corrected chi connectivity index (χ3v) is 9.13. The summed E-state index contributed by atoms with van der Waals surface area (Å²) in [6, 6.07) is 7.46. The number of benzene rings is 2. The van der Waals surface area contributed by atoms with Gasteiger partial charge < -0.3 is 29.7 Å². The quantitative estimate of drug-likeness (QED) is 0.216. The highest BCUT2D eigenvalue weighted by atomic mass is 35.5. The summed E-state index contributed by atoms with van der Waals surface area (Å²) >= 11 is 6.05. The van der Waals surface area contributed by atoms with Crippen molar-refractivity contribution >= 4 is 40.6 Å². The van der Waals surface area contributed by atoms with Crippen LogP contribution in [0.15, 0.2) is 47.5 Å². The van der Waals surface area contributed by atoms with Crippen molar-refractivity contribution in [3.8, 4) is 23.0 Å². The van der Waals surface area contributed by atoms with E-state index in [0.717, 1.165) is 32.6 Å². The predicted octanol–water partition coefficient (Wildman–Crippen LogP) is 4.27. The highest BCUT2D eigenvalue weighted by Crippen LogP contribution is 2.35. The highest BCUT2D eigenvalue weighted by Gasteiger charge is 2.34. The highest BCUT2D eigenvalue weighted by molar-refractivity contribution is 6.33. The van der Waals surface area contributed by atoms with Crippen molar-refractivity contribution in [2.45, 2.75) is 39.5 Å².